The first-order chi connectivity index (χ1) is 9.11. The Hall–Kier alpha value is -1.40. The number of hydrogen-bond acceptors (Lipinski definition) is 3. The van der Waals surface area contributed by atoms with E-state index < -0.39 is 17.5 Å². The predicted molar refractivity (Wildman–Crippen MR) is 67.3 cm³/mol. The van der Waals surface area contributed by atoms with Gasteiger partial charge in [-0.1, -0.05) is 0 Å². The molecule has 2 aromatic rings. The van der Waals surface area contributed by atoms with Gasteiger partial charge in [0.15, 0.2) is 17.5 Å². The summed E-state index contributed by atoms with van der Waals surface area (Å²) in [4.78, 5) is 5.24. The summed E-state index contributed by atoms with van der Waals surface area (Å²) in [5.74, 6) is -3.47. The minimum atomic E-state index is -1.46. The largest absolute Gasteiger partial charge is 0.326 e. The molecule has 1 fully saturated rings. The fourth-order valence-corrected chi connectivity index (χ4v) is 3.04. The molecule has 1 heterocycles. The highest BCUT2D eigenvalue weighted by Crippen LogP contribution is 2.44. The molecule has 100 valence electrons. The lowest BCUT2D eigenvalue weighted by atomic mass is 10.2. The Balaban J connectivity index is 2.09. The monoisotopic (exact) mass is 284 g/mol. The van der Waals surface area contributed by atoms with Crippen LogP contribution in [0.4, 0.5) is 13.2 Å². The van der Waals surface area contributed by atoms with Crippen LogP contribution in [0.2, 0.25) is 0 Å². The Labute approximate surface area is 112 Å². The third-order valence-electron chi connectivity index (χ3n) is 3.14. The van der Waals surface area contributed by atoms with E-state index in [1.807, 2.05) is 0 Å². The SMILES string of the molecule is NCc1sc(-c2ccc(F)c(F)c2F)nc1C1CC1. The van der Waals surface area contributed by atoms with Gasteiger partial charge in [0.25, 0.3) is 0 Å². The van der Waals surface area contributed by atoms with Gasteiger partial charge in [-0.15, -0.1) is 11.3 Å². The van der Waals surface area contributed by atoms with Gasteiger partial charge in [0.05, 0.1) is 5.69 Å². The van der Waals surface area contributed by atoms with Gasteiger partial charge in [0.1, 0.15) is 5.01 Å². The van der Waals surface area contributed by atoms with Gasteiger partial charge in [0.2, 0.25) is 0 Å². The fourth-order valence-electron chi connectivity index (χ4n) is 1.99. The van der Waals surface area contributed by atoms with E-state index in [9.17, 15) is 13.2 Å². The number of nitrogens with two attached hydrogens (primary N) is 1. The van der Waals surface area contributed by atoms with Crippen molar-refractivity contribution in [3.8, 4) is 10.6 Å². The third-order valence-corrected chi connectivity index (χ3v) is 4.27. The summed E-state index contributed by atoms with van der Waals surface area (Å²) < 4.78 is 39.9. The number of rotatable bonds is 3. The quantitative estimate of drug-likeness (QED) is 0.875. The first-order valence-electron chi connectivity index (χ1n) is 5.95. The zero-order valence-corrected chi connectivity index (χ0v) is 10.7. The molecule has 2 nitrogen and oxygen atoms in total. The van der Waals surface area contributed by atoms with Crippen molar-refractivity contribution in [2.45, 2.75) is 25.3 Å². The van der Waals surface area contributed by atoms with Crippen LogP contribution in [0, 0.1) is 17.5 Å². The van der Waals surface area contributed by atoms with E-state index in [1.165, 1.54) is 17.4 Å². The average molecular weight is 284 g/mol. The Bertz CT molecular complexity index is 635. The molecule has 1 aliphatic rings. The molecule has 0 atom stereocenters. The highest BCUT2D eigenvalue weighted by Gasteiger charge is 2.30. The van der Waals surface area contributed by atoms with Crippen LogP contribution in [-0.4, -0.2) is 4.98 Å². The number of hydrogen-bond donors (Lipinski definition) is 1. The van der Waals surface area contributed by atoms with Gasteiger partial charge in [0, 0.05) is 22.9 Å². The summed E-state index contributed by atoms with van der Waals surface area (Å²) in [7, 11) is 0. The average Bonchev–Trinajstić information content (AvgIpc) is 3.16. The molecule has 19 heavy (non-hydrogen) atoms. The van der Waals surface area contributed by atoms with Crippen LogP contribution in [0.1, 0.15) is 29.3 Å². The summed E-state index contributed by atoms with van der Waals surface area (Å²) >= 11 is 1.24. The molecule has 0 bridgehead atoms. The number of benzene rings is 1. The highest BCUT2D eigenvalue weighted by atomic mass is 32.1. The molecule has 0 unspecified atom stereocenters. The van der Waals surface area contributed by atoms with Crippen molar-refractivity contribution in [1.29, 1.82) is 0 Å². The minimum absolute atomic E-state index is 0.00880. The minimum Gasteiger partial charge on any atom is -0.326 e. The molecule has 1 aromatic carbocycles. The van der Waals surface area contributed by atoms with Crippen molar-refractivity contribution in [2.24, 2.45) is 5.73 Å². The highest BCUT2D eigenvalue weighted by molar-refractivity contribution is 7.15. The van der Waals surface area contributed by atoms with E-state index in [0.29, 0.717) is 17.5 Å². The Kier molecular flexibility index (Phi) is 3.06. The van der Waals surface area contributed by atoms with E-state index >= 15 is 0 Å². The molecular weight excluding hydrogens is 273 g/mol. The number of aromatic nitrogens is 1. The molecule has 3 rings (SSSR count). The van der Waals surface area contributed by atoms with Gasteiger partial charge < -0.3 is 5.73 Å². The van der Waals surface area contributed by atoms with E-state index in [-0.39, 0.29) is 5.56 Å². The molecule has 1 aliphatic carbocycles. The van der Waals surface area contributed by atoms with Crippen LogP contribution in [0.25, 0.3) is 10.6 Å². The van der Waals surface area contributed by atoms with Crippen molar-refractivity contribution in [1.82, 2.24) is 4.98 Å². The van der Waals surface area contributed by atoms with Gasteiger partial charge in [-0.25, -0.2) is 18.2 Å². The third kappa shape index (κ3) is 2.15. The van der Waals surface area contributed by atoms with E-state index in [0.717, 1.165) is 29.5 Å². The zero-order chi connectivity index (χ0) is 13.6. The molecule has 6 heteroatoms. The van der Waals surface area contributed by atoms with Gasteiger partial charge in [-0.05, 0) is 25.0 Å². The second-order valence-electron chi connectivity index (χ2n) is 4.53. The molecule has 0 spiro atoms. The van der Waals surface area contributed by atoms with Crippen LogP contribution in [0.15, 0.2) is 12.1 Å². The smallest absolute Gasteiger partial charge is 0.195 e. The standard InChI is InChI=1S/C13H11F3N2S/c14-8-4-3-7(10(15)11(8)16)13-18-12(6-1-2-6)9(5-17)19-13/h3-4,6H,1-2,5,17H2. The maximum atomic E-state index is 13.7. The van der Waals surface area contributed by atoms with Crippen molar-refractivity contribution < 1.29 is 13.2 Å². The summed E-state index contributed by atoms with van der Waals surface area (Å²) in [6.07, 6.45) is 2.10. The molecule has 1 aromatic heterocycles. The van der Waals surface area contributed by atoms with E-state index in [1.54, 1.807) is 0 Å². The molecule has 0 radical (unpaired) electrons. The summed E-state index contributed by atoms with van der Waals surface area (Å²) in [5, 5.41) is 0.360. The van der Waals surface area contributed by atoms with Crippen molar-refractivity contribution in [3.05, 3.63) is 40.2 Å². The number of nitrogens with zero attached hydrogens (tertiary/aromatic N) is 1. The van der Waals surface area contributed by atoms with Gasteiger partial charge >= 0.3 is 0 Å². The maximum Gasteiger partial charge on any atom is 0.195 e. The van der Waals surface area contributed by atoms with E-state index in [2.05, 4.69) is 4.98 Å². The first-order valence-corrected chi connectivity index (χ1v) is 6.77. The topological polar surface area (TPSA) is 38.9 Å². The van der Waals surface area contributed by atoms with Crippen LogP contribution in [-0.2, 0) is 6.54 Å². The van der Waals surface area contributed by atoms with Gasteiger partial charge in [-0.3, -0.25) is 0 Å². The first kappa shape index (κ1) is 12.6. The number of halogens is 3. The molecule has 1 saturated carbocycles. The van der Waals surface area contributed by atoms with Crippen molar-refractivity contribution in [3.63, 3.8) is 0 Å². The molecule has 0 aliphatic heterocycles. The summed E-state index contributed by atoms with van der Waals surface area (Å²) in [5.41, 5.74) is 6.51. The Morgan fingerprint density at radius 1 is 1.21 bits per heavy atom. The van der Waals surface area contributed by atoms with Gasteiger partial charge in [-0.2, -0.15) is 0 Å². The van der Waals surface area contributed by atoms with Crippen LogP contribution in [0.3, 0.4) is 0 Å². The maximum absolute atomic E-state index is 13.7. The summed E-state index contributed by atoms with van der Waals surface area (Å²) in [6.45, 7) is 0.328. The summed E-state index contributed by atoms with van der Waals surface area (Å²) in [6, 6.07) is 2.12. The van der Waals surface area contributed by atoms with Crippen molar-refractivity contribution in [2.75, 3.05) is 0 Å². The molecule has 0 amide bonds. The zero-order valence-electron chi connectivity index (χ0n) is 9.92. The predicted octanol–water partition coefficient (Wildman–Crippen LogP) is 3.56. The normalized spacial score (nSPS) is 14.9. The number of thiazole rings is 1. The van der Waals surface area contributed by atoms with Crippen LogP contribution >= 0.6 is 11.3 Å². The second-order valence-corrected chi connectivity index (χ2v) is 5.61. The van der Waals surface area contributed by atoms with Crippen LogP contribution in [0.5, 0.6) is 0 Å². The van der Waals surface area contributed by atoms with E-state index in [4.69, 9.17) is 5.73 Å². The lowest BCUT2D eigenvalue weighted by Crippen LogP contribution is -1.97. The molecule has 0 saturated heterocycles. The fraction of sp³-hybridized carbons (Fsp3) is 0.308. The van der Waals surface area contributed by atoms with Crippen LogP contribution < -0.4 is 5.73 Å². The Morgan fingerprint density at radius 2 is 1.95 bits per heavy atom. The lowest BCUT2D eigenvalue weighted by Gasteiger charge is -2.00. The lowest BCUT2D eigenvalue weighted by molar-refractivity contribution is 0.449. The molecular formula is C13H11F3N2S. The Morgan fingerprint density at radius 3 is 2.58 bits per heavy atom. The van der Waals surface area contributed by atoms with Crippen molar-refractivity contribution >= 4 is 11.3 Å². The molecule has 2 N–H and O–H groups in total. The second kappa shape index (κ2) is 4.61.